The Hall–Kier alpha value is -2.09. The highest BCUT2D eigenvalue weighted by Gasteiger charge is 2.33. The average molecular weight is 331 g/mol. The van der Waals surface area contributed by atoms with E-state index in [1.165, 1.54) is 17.0 Å². The Bertz CT molecular complexity index is 585. The summed E-state index contributed by atoms with van der Waals surface area (Å²) in [7, 11) is 0. The molecule has 1 N–H and O–H groups in total. The number of benzene rings is 1. The van der Waals surface area contributed by atoms with Crippen molar-refractivity contribution >= 4 is 11.9 Å². The minimum atomic E-state index is -4.42. The number of carboxylic acids is 1. The van der Waals surface area contributed by atoms with Crippen LogP contribution in [0.25, 0.3) is 0 Å². The molecule has 0 aromatic heterocycles. The van der Waals surface area contributed by atoms with E-state index >= 15 is 0 Å². The molecule has 5 nitrogen and oxygen atoms in total. The van der Waals surface area contributed by atoms with Crippen molar-refractivity contribution in [1.82, 2.24) is 4.90 Å². The summed E-state index contributed by atoms with van der Waals surface area (Å²) in [4.78, 5) is 24.6. The Morgan fingerprint density at radius 2 is 1.87 bits per heavy atom. The van der Waals surface area contributed by atoms with Gasteiger partial charge in [0.25, 0.3) is 0 Å². The Morgan fingerprint density at radius 3 is 2.39 bits per heavy atom. The molecule has 1 aromatic carbocycles. The topological polar surface area (TPSA) is 66.8 Å². The van der Waals surface area contributed by atoms with Crippen LogP contribution in [0.4, 0.5) is 13.2 Å². The Morgan fingerprint density at radius 1 is 1.26 bits per heavy atom. The first kappa shape index (κ1) is 17.3. The molecule has 0 spiro atoms. The zero-order valence-electron chi connectivity index (χ0n) is 12.3. The van der Waals surface area contributed by atoms with Gasteiger partial charge in [-0.15, -0.1) is 0 Å². The minimum Gasteiger partial charge on any atom is -0.479 e. The van der Waals surface area contributed by atoms with Crippen molar-refractivity contribution in [2.75, 3.05) is 13.1 Å². The molecule has 1 saturated heterocycles. The molecule has 1 aliphatic rings. The molecular weight excluding hydrogens is 315 g/mol. The number of hydrogen-bond acceptors (Lipinski definition) is 3. The van der Waals surface area contributed by atoms with Crippen LogP contribution < -0.4 is 0 Å². The highest BCUT2D eigenvalue weighted by Crippen LogP contribution is 2.29. The van der Waals surface area contributed by atoms with Crippen LogP contribution in [0, 0.1) is 0 Å². The molecule has 2 atom stereocenters. The lowest BCUT2D eigenvalue weighted by Gasteiger charge is -2.35. The zero-order chi connectivity index (χ0) is 17.2. The number of carboxylic acid groups (broad SMARTS) is 1. The quantitative estimate of drug-likeness (QED) is 0.919. The van der Waals surface area contributed by atoms with Gasteiger partial charge in [0.05, 0.1) is 24.6 Å². The van der Waals surface area contributed by atoms with E-state index in [1.54, 1.807) is 6.92 Å². The zero-order valence-corrected chi connectivity index (χ0v) is 12.3. The van der Waals surface area contributed by atoms with Gasteiger partial charge >= 0.3 is 12.1 Å². The summed E-state index contributed by atoms with van der Waals surface area (Å²) >= 11 is 0. The van der Waals surface area contributed by atoms with Crippen LogP contribution in [0.5, 0.6) is 0 Å². The number of hydrogen-bond donors (Lipinski definition) is 1. The molecule has 1 unspecified atom stereocenters. The first-order chi connectivity index (χ1) is 10.7. The maximum atomic E-state index is 12.5. The summed E-state index contributed by atoms with van der Waals surface area (Å²) in [6, 6.07) is 4.34. The number of alkyl halides is 3. The monoisotopic (exact) mass is 331 g/mol. The van der Waals surface area contributed by atoms with Gasteiger partial charge in [0.15, 0.2) is 6.10 Å². The van der Waals surface area contributed by atoms with Crippen LogP contribution >= 0.6 is 0 Å². The van der Waals surface area contributed by atoms with E-state index in [2.05, 4.69) is 0 Å². The van der Waals surface area contributed by atoms with Crippen LogP contribution in [0.3, 0.4) is 0 Å². The summed E-state index contributed by atoms with van der Waals surface area (Å²) in [5.41, 5.74) is -0.339. The van der Waals surface area contributed by atoms with Crippen LogP contribution in [-0.2, 0) is 26.9 Å². The molecule has 126 valence electrons. The Labute approximate surface area is 130 Å². The van der Waals surface area contributed by atoms with Crippen molar-refractivity contribution in [2.45, 2.75) is 31.7 Å². The second-order valence-corrected chi connectivity index (χ2v) is 5.44. The maximum Gasteiger partial charge on any atom is 0.416 e. The average Bonchev–Trinajstić information content (AvgIpc) is 2.46. The lowest BCUT2D eigenvalue weighted by atomic mass is 10.1. The predicted molar refractivity (Wildman–Crippen MR) is 73.7 cm³/mol. The van der Waals surface area contributed by atoms with Crippen molar-refractivity contribution in [2.24, 2.45) is 0 Å². The Balaban J connectivity index is 2.02. The van der Waals surface area contributed by atoms with Crippen LogP contribution in [0.2, 0.25) is 0 Å². The van der Waals surface area contributed by atoms with Gasteiger partial charge in [-0.1, -0.05) is 12.1 Å². The number of ether oxygens (including phenoxy) is 1. The van der Waals surface area contributed by atoms with Gasteiger partial charge in [-0.05, 0) is 24.6 Å². The van der Waals surface area contributed by atoms with Crippen molar-refractivity contribution < 1.29 is 32.6 Å². The third-order valence-electron chi connectivity index (χ3n) is 3.53. The smallest absolute Gasteiger partial charge is 0.416 e. The molecule has 0 radical (unpaired) electrons. The summed E-state index contributed by atoms with van der Waals surface area (Å²) in [5, 5.41) is 8.98. The lowest BCUT2D eigenvalue weighted by Crippen LogP contribution is -2.52. The highest BCUT2D eigenvalue weighted by molar-refractivity contribution is 5.80. The molecule has 8 heteroatoms. The van der Waals surface area contributed by atoms with E-state index in [0.29, 0.717) is 5.56 Å². The number of amides is 1. The van der Waals surface area contributed by atoms with E-state index in [9.17, 15) is 22.8 Å². The van der Waals surface area contributed by atoms with Crippen molar-refractivity contribution in [3.8, 4) is 0 Å². The van der Waals surface area contributed by atoms with E-state index in [1.807, 2.05) is 0 Å². The molecule has 0 aliphatic carbocycles. The maximum absolute atomic E-state index is 12.5. The SMILES string of the molecule is C[C@@H]1CN(C(=O)Cc2ccc(C(F)(F)F)cc2)CC(C(=O)O)O1. The van der Waals surface area contributed by atoms with Crippen molar-refractivity contribution in [3.05, 3.63) is 35.4 Å². The van der Waals surface area contributed by atoms with Gasteiger partial charge in [-0.25, -0.2) is 4.79 Å². The number of nitrogens with zero attached hydrogens (tertiary/aromatic N) is 1. The normalized spacial score (nSPS) is 22.0. The van der Waals surface area contributed by atoms with Crippen molar-refractivity contribution in [3.63, 3.8) is 0 Å². The fourth-order valence-electron chi connectivity index (χ4n) is 2.39. The first-order valence-electron chi connectivity index (χ1n) is 6.99. The fourth-order valence-corrected chi connectivity index (χ4v) is 2.39. The van der Waals surface area contributed by atoms with E-state index in [4.69, 9.17) is 9.84 Å². The number of aliphatic carboxylic acids is 1. The lowest BCUT2D eigenvalue weighted by molar-refractivity contribution is -0.166. The summed E-state index contributed by atoms with van der Waals surface area (Å²) in [5.74, 6) is -1.49. The molecule has 23 heavy (non-hydrogen) atoms. The number of rotatable bonds is 3. The number of carbonyl (C=O) groups excluding carboxylic acids is 1. The van der Waals surface area contributed by atoms with E-state index in [0.717, 1.165) is 12.1 Å². The number of carbonyl (C=O) groups is 2. The summed E-state index contributed by atoms with van der Waals surface area (Å²) in [6.45, 7) is 1.84. The van der Waals surface area contributed by atoms with Gasteiger partial charge in [-0.2, -0.15) is 13.2 Å². The number of halogens is 3. The molecule has 0 saturated carbocycles. The second-order valence-electron chi connectivity index (χ2n) is 5.44. The summed E-state index contributed by atoms with van der Waals surface area (Å²) in [6.07, 6.45) is -6.01. The third-order valence-corrected chi connectivity index (χ3v) is 3.53. The molecule has 1 heterocycles. The first-order valence-corrected chi connectivity index (χ1v) is 6.99. The molecule has 1 aromatic rings. The molecular formula is C15H16F3NO4. The van der Waals surface area contributed by atoms with Gasteiger partial charge in [0.1, 0.15) is 0 Å². The number of morpholine rings is 1. The summed E-state index contributed by atoms with van der Waals surface area (Å²) < 4.78 is 42.7. The van der Waals surface area contributed by atoms with Gasteiger partial charge in [-0.3, -0.25) is 4.79 Å². The molecule has 0 bridgehead atoms. The third kappa shape index (κ3) is 4.44. The van der Waals surface area contributed by atoms with Gasteiger partial charge in [0.2, 0.25) is 5.91 Å². The molecule has 1 fully saturated rings. The molecule has 2 rings (SSSR count). The fraction of sp³-hybridized carbons (Fsp3) is 0.467. The highest BCUT2D eigenvalue weighted by atomic mass is 19.4. The van der Waals surface area contributed by atoms with Crippen molar-refractivity contribution in [1.29, 1.82) is 0 Å². The second kappa shape index (κ2) is 6.57. The van der Waals surface area contributed by atoms with Crippen LogP contribution in [-0.4, -0.2) is 47.2 Å². The van der Waals surface area contributed by atoms with Gasteiger partial charge in [0, 0.05) is 6.54 Å². The van der Waals surface area contributed by atoms with Crippen LogP contribution in [0.1, 0.15) is 18.1 Å². The van der Waals surface area contributed by atoms with E-state index < -0.39 is 29.9 Å². The minimum absolute atomic E-state index is 0.0703. The van der Waals surface area contributed by atoms with Gasteiger partial charge < -0.3 is 14.7 Å². The molecule has 1 aliphatic heterocycles. The molecule has 1 amide bonds. The standard InChI is InChI=1S/C15H16F3NO4/c1-9-7-19(8-12(23-9)14(21)22)13(20)6-10-2-4-11(5-3-10)15(16,17)18/h2-5,9,12H,6-8H2,1H3,(H,21,22)/t9-,12?/m1/s1. The Kier molecular flexibility index (Phi) is 4.93. The van der Waals surface area contributed by atoms with Crippen LogP contribution in [0.15, 0.2) is 24.3 Å². The largest absolute Gasteiger partial charge is 0.479 e. The van der Waals surface area contributed by atoms with E-state index in [-0.39, 0.29) is 25.4 Å². The predicted octanol–water partition coefficient (Wildman–Crippen LogP) is 1.95.